The zero-order chi connectivity index (χ0) is 13.5. The van der Waals surface area contributed by atoms with Crippen molar-refractivity contribution in [1.29, 1.82) is 0 Å². The van der Waals surface area contributed by atoms with E-state index >= 15 is 0 Å². The largest absolute Gasteiger partial charge is 0.492 e. The standard InChI is InChI=1S/C15H20N2O2/c1-17(2)8-10-19-15-5-3-14(4-6-15)16-11-13-7-9-18-12-13/h3-7,9,12,16H,8,10-11H2,1-2H3. The molecule has 0 aliphatic heterocycles. The third-order valence-electron chi connectivity index (χ3n) is 2.74. The first-order valence-corrected chi connectivity index (χ1v) is 6.36. The number of rotatable bonds is 7. The highest BCUT2D eigenvalue weighted by Crippen LogP contribution is 2.16. The van der Waals surface area contributed by atoms with Gasteiger partial charge in [-0.25, -0.2) is 0 Å². The Kier molecular flexibility index (Phi) is 4.86. The van der Waals surface area contributed by atoms with Crippen LogP contribution in [-0.2, 0) is 6.54 Å². The van der Waals surface area contributed by atoms with E-state index in [0.717, 1.165) is 30.1 Å². The van der Waals surface area contributed by atoms with Crippen LogP contribution in [0.2, 0.25) is 0 Å². The molecule has 0 saturated heterocycles. The summed E-state index contributed by atoms with van der Waals surface area (Å²) in [7, 11) is 4.07. The third-order valence-corrected chi connectivity index (χ3v) is 2.74. The molecular formula is C15H20N2O2. The monoisotopic (exact) mass is 260 g/mol. The number of benzene rings is 1. The van der Waals surface area contributed by atoms with E-state index in [9.17, 15) is 0 Å². The maximum Gasteiger partial charge on any atom is 0.119 e. The molecule has 0 spiro atoms. The van der Waals surface area contributed by atoms with Crippen LogP contribution in [0.4, 0.5) is 5.69 Å². The number of anilines is 1. The number of nitrogens with one attached hydrogen (secondary N) is 1. The van der Waals surface area contributed by atoms with Crippen LogP contribution in [0.5, 0.6) is 5.75 Å². The van der Waals surface area contributed by atoms with E-state index in [2.05, 4.69) is 10.2 Å². The van der Waals surface area contributed by atoms with Gasteiger partial charge in [0.2, 0.25) is 0 Å². The van der Waals surface area contributed by atoms with Gasteiger partial charge in [-0.15, -0.1) is 0 Å². The van der Waals surface area contributed by atoms with Crippen LogP contribution in [0.25, 0.3) is 0 Å². The van der Waals surface area contributed by atoms with Crippen molar-refractivity contribution in [3.8, 4) is 5.75 Å². The van der Waals surface area contributed by atoms with Crippen molar-refractivity contribution in [2.24, 2.45) is 0 Å². The number of ether oxygens (including phenoxy) is 1. The number of hydrogen-bond acceptors (Lipinski definition) is 4. The van der Waals surface area contributed by atoms with Gasteiger partial charge in [0.1, 0.15) is 12.4 Å². The Bertz CT molecular complexity index is 463. The molecular weight excluding hydrogens is 240 g/mol. The summed E-state index contributed by atoms with van der Waals surface area (Å²) in [6.07, 6.45) is 3.42. The Morgan fingerprint density at radius 1 is 1.16 bits per heavy atom. The second-order valence-electron chi connectivity index (χ2n) is 4.66. The molecule has 1 N–H and O–H groups in total. The van der Waals surface area contributed by atoms with E-state index < -0.39 is 0 Å². The van der Waals surface area contributed by atoms with Crippen LogP contribution in [0.15, 0.2) is 47.3 Å². The Balaban J connectivity index is 1.77. The van der Waals surface area contributed by atoms with E-state index in [-0.39, 0.29) is 0 Å². The number of hydrogen-bond donors (Lipinski definition) is 1. The average molecular weight is 260 g/mol. The second kappa shape index (κ2) is 6.85. The van der Waals surface area contributed by atoms with Gasteiger partial charge in [0.15, 0.2) is 0 Å². The van der Waals surface area contributed by atoms with Crippen LogP contribution in [0.3, 0.4) is 0 Å². The molecule has 0 saturated carbocycles. The number of furan rings is 1. The van der Waals surface area contributed by atoms with Gasteiger partial charge in [0, 0.05) is 24.3 Å². The molecule has 0 aliphatic carbocycles. The lowest BCUT2D eigenvalue weighted by atomic mass is 10.3. The maximum absolute atomic E-state index is 5.64. The SMILES string of the molecule is CN(C)CCOc1ccc(NCc2ccoc2)cc1. The molecule has 0 atom stereocenters. The van der Waals surface area contributed by atoms with Crippen molar-refractivity contribution in [3.05, 3.63) is 48.4 Å². The summed E-state index contributed by atoms with van der Waals surface area (Å²) < 4.78 is 10.7. The molecule has 0 unspecified atom stereocenters. The van der Waals surface area contributed by atoms with Gasteiger partial charge in [-0.3, -0.25) is 0 Å². The van der Waals surface area contributed by atoms with Gasteiger partial charge >= 0.3 is 0 Å². The van der Waals surface area contributed by atoms with Gasteiger partial charge in [-0.05, 0) is 44.4 Å². The average Bonchev–Trinajstić information content (AvgIpc) is 2.90. The van der Waals surface area contributed by atoms with Gasteiger partial charge in [-0.1, -0.05) is 0 Å². The molecule has 1 aromatic carbocycles. The normalized spacial score (nSPS) is 10.7. The first-order valence-electron chi connectivity index (χ1n) is 6.36. The Labute approximate surface area is 114 Å². The Morgan fingerprint density at radius 3 is 2.58 bits per heavy atom. The van der Waals surface area contributed by atoms with Gasteiger partial charge < -0.3 is 19.4 Å². The van der Waals surface area contributed by atoms with Crippen molar-refractivity contribution in [2.45, 2.75) is 6.54 Å². The molecule has 2 aromatic rings. The highest BCUT2D eigenvalue weighted by molar-refractivity contribution is 5.46. The lowest BCUT2D eigenvalue weighted by Crippen LogP contribution is -2.19. The minimum Gasteiger partial charge on any atom is -0.492 e. The summed E-state index contributed by atoms with van der Waals surface area (Å²) in [6.45, 7) is 2.38. The van der Waals surface area contributed by atoms with Gasteiger partial charge in [-0.2, -0.15) is 0 Å². The predicted molar refractivity (Wildman–Crippen MR) is 76.5 cm³/mol. The Hall–Kier alpha value is -1.94. The van der Waals surface area contributed by atoms with E-state index in [0.29, 0.717) is 6.61 Å². The van der Waals surface area contributed by atoms with E-state index in [1.165, 1.54) is 0 Å². The van der Waals surface area contributed by atoms with Crippen LogP contribution in [0, 0.1) is 0 Å². The minimum atomic E-state index is 0.703. The molecule has 1 heterocycles. The first kappa shape index (κ1) is 13.5. The summed E-state index contributed by atoms with van der Waals surface area (Å²) in [4.78, 5) is 2.10. The van der Waals surface area contributed by atoms with Crippen molar-refractivity contribution in [3.63, 3.8) is 0 Å². The summed E-state index contributed by atoms with van der Waals surface area (Å²) >= 11 is 0. The molecule has 4 nitrogen and oxygen atoms in total. The van der Waals surface area contributed by atoms with E-state index in [1.54, 1.807) is 12.5 Å². The molecule has 0 radical (unpaired) electrons. The predicted octanol–water partition coefficient (Wildman–Crippen LogP) is 2.83. The summed E-state index contributed by atoms with van der Waals surface area (Å²) in [5.74, 6) is 0.899. The fourth-order valence-corrected chi connectivity index (χ4v) is 1.61. The van der Waals surface area contributed by atoms with E-state index in [1.807, 2.05) is 44.4 Å². The van der Waals surface area contributed by atoms with Crippen LogP contribution in [-0.4, -0.2) is 32.1 Å². The second-order valence-corrected chi connectivity index (χ2v) is 4.66. The lowest BCUT2D eigenvalue weighted by molar-refractivity contribution is 0.261. The molecule has 102 valence electrons. The first-order chi connectivity index (χ1) is 9.24. The molecule has 19 heavy (non-hydrogen) atoms. The van der Waals surface area contributed by atoms with Crippen LogP contribution in [0.1, 0.15) is 5.56 Å². The van der Waals surface area contributed by atoms with E-state index in [4.69, 9.17) is 9.15 Å². The van der Waals surface area contributed by atoms with Gasteiger partial charge in [0.05, 0.1) is 12.5 Å². The summed E-state index contributed by atoms with van der Waals surface area (Å²) in [5, 5.41) is 3.32. The van der Waals surface area contributed by atoms with Crippen molar-refractivity contribution >= 4 is 5.69 Å². The van der Waals surface area contributed by atoms with Crippen molar-refractivity contribution in [1.82, 2.24) is 4.90 Å². The van der Waals surface area contributed by atoms with Crippen LogP contribution < -0.4 is 10.1 Å². The quantitative estimate of drug-likeness (QED) is 0.830. The molecule has 0 aliphatic rings. The topological polar surface area (TPSA) is 37.6 Å². The number of nitrogens with zero attached hydrogens (tertiary/aromatic N) is 1. The van der Waals surface area contributed by atoms with Gasteiger partial charge in [0.25, 0.3) is 0 Å². The van der Waals surface area contributed by atoms with Crippen molar-refractivity contribution in [2.75, 3.05) is 32.6 Å². The highest BCUT2D eigenvalue weighted by Gasteiger charge is 1.97. The zero-order valence-corrected chi connectivity index (χ0v) is 11.4. The summed E-state index contributed by atoms with van der Waals surface area (Å²) in [5.41, 5.74) is 2.20. The molecule has 1 aromatic heterocycles. The fraction of sp³-hybridized carbons (Fsp3) is 0.333. The van der Waals surface area contributed by atoms with Crippen LogP contribution >= 0.6 is 0 Å². The zero-order valence-electron chi connectivity index (χ0n) is 11.4. The third kappa shape index (κ3) is 4.67. The Morgan fingerprint density at radius 2 is 1.95 bits per heavy atom. The molecule has 2 rings (SSSR count). The minimum absolute atomic E-state index is 0.703. The molecule has 0 amide bonds. The smallest absolute Gasteiger partial charge is 0.119 e. The maximum atomic E-state index is 5.64. The molecule has 4 heteroatoms. The van der Waals surface area contributed by atoms with Crippen molar-refractivity contribution < 1.29 is 9.15 Å². The molecule has 0 bridgehead atoms. The fourth-order valence-electron chi connectivity index (χ4n) is 1.61. The highest BCUT2D eigenvalue weighted by atomic mass is 16.5. The lowest BCUT2D eigenvalue weighted by Gasteiger charge is -2.11. The number of likely N-dealkylation sites (N-methyl/N-ethyl adjacent to an activating group) is 1. The molecule has 0 fully saturated rings. The summed E-state index contributed by atoms with van der Waals surface area (Å²) in [6, 6.07) is 9.95.